The fraction of sp³-hybridized carbons (Fsp3) is 0.211. The molecule has 2 aromatic carbocycles. The Morgan fingerprint density at radius 2 is 1.85 bits per heavy atom. The van der Waals surface area contributed by atoms with E-state index < -0.39 is 17.6 Å². The van der Waals surface area contributed by atoms with Crippen LogP contribution in [-0.2, 0) is 14.3 Å². The summed E-state index contributed by atoms with van der Waals surface area (Å²) in [7, 11) is 0. The Balaban J connectivity index is 2.48. The van der Waals surface area contributed by atoms with Crippen LogP contribution in [0.4, 0.5) is 10.1 Å². The fourth-order valence-electron chi connectivity index (χ4n) is 2.45. The average molecular weight is 457 g/mol. The summed E-state index contributed by atoms with van der Waals surface area (Å²) in [4.78, 5) is 37.6. The number of amides is 1. The zero-order valence-corrected chi connectivity index (χ0v) is 16.7. The van der Waals surface area contributed by atoms with Gasteiger partial charge in [-0.3, -0.25) is 14.4 Å². The number of hydrogen-bond donors (Lipinski definition) is 0. The van der Waals surface area contributed by atoms with Crippen molar-refractivity contribution in [1.82, 2.24) is 0 Å². The summed E-state index contributed by atoms with van der Waals surface area (Å²) in [5, 5.41) is 0.257. The molecule has 0 heterocycles. The Hall–Kier alpha value is -2.25. The highest BCUT2D eigenvalue weighted by molar-refractivity contribution is 9.09. The van der Waals surface area contributed by atoms with E-state index in [9.17, 15) is 18.8 Å². The molecule has 2 aromatic rings. The number of carbonyl (C=O) groups excluding carboxylic acids is 3. The number of benzene rings is 2. The molecule has 1 amide bonds. The van der Waals surface area contributed by atoms with Crippen LogP contribution in [0.25, 0.3) is 0 Å². The van der Waals surface area contributed by atoms with Crippen molar-refractivity contribution in [3.63, 3.8) is 0 Å². The maximum atomic E-state index is 14.1. The SMILES string of the molecule is CC(=O)OCCN(C(=O)CBr)c1ccc(Cl)cc1C(=O)c1ccccc1F. The number of ketones is 1. The van der Waals surface area contributed by atoms with Crippen molar-refractivity contribution in [1.29, 1.82) is 0 Å². The molecule has 0 saturated carbocycles. The van der Waals surface area contributed by atoms with E-state index in [0.717, 1.165) is 0 Å². The van der Waals surface area contributed by atoms with E-state index in [4.69, 9.17) is 16.3 Å². The van der Waals surface area contributed by atoms with E-state index in [-0.39, 0.29) is 46.2 Å². The number of carbonyl (C=O) groups is 3. The minimum atomic E-state index is -0.674. The zero-order valence-electron chi connectivity index (χ0n) is 14.4. The number of alkyl halides is 1. The van der Waals surface area contributed by atoms with Crippen molar-refractivity contribution in [3.8, 4) is 0 Å². The molecule has 0 aliphatic heterocycles. The molecule has 0 aliphatic carbocycles. The second-order valence-corrected chi connectivity index (χ2v) is 6.49. The van der Waals surface area contributed by atoms with Crippen LogP contribution in [0.5, 0.6) is 0 Å². The van der Waals surface area contributed by atoms with E-state index in [1.165, 1.54) is 48.2 Å². The number of ether oxygens (including phenoxy) is 1. The lowest BCUT2D eigenvalue weighted by Gasteiger charge is -2.24. The number of anilines is 1. The van der Waals surface area contributed by atoms with Gasteiger partial charge >= 0.3 is 5.97 Å². The van der Waals surface area contributed by atoms with Crippen LogP contribution < -0.4 is 4.90 Å². The molecule has 8 heteroatoms. The molecule has 0 spiro atoms. The summed E-state index contributed by atoms with van der Waals surface area (Å²) in [6.45, 7) is 1.24. The maximum absolute atomic E-state index is 14.1. The van der Waals surface area contributed by atoms with Gasteiger partial charge in [-0.1, -0.05) is 39.7 Å². The lowest BCUT2D eigenvalue weighted by molar-refractivity contribution is -0.140. The average Bonchev–Trinajstić information content (AvgIpc) is 2.64. The molecular formula is C19H16BrClFNO4. The maximum Gasteiger partial charge on any atom is 0.302 e. The highest BCUT2D eigenvalue weighted by Crippen LogP contribution is 2.28. The van der Waals surface area contributed by atoms with E-state index in [2.05, 4.69) is 15.9 Å². The van der Waals surface area contributed by atoms with Crippen LogP contribution in [0.1, 0.15) is 22.8 Å². The Morgan fingerprint density at radius 1 is 1.15 bits per heavy atom. The second kappa shape index (κ2) is 9.62. The fourth-order valence-corrected chi connectivity index (χ4v) is 2.92. The topological polar surface area (TPSA) is 63.7 Å². The zero-order chi connectivity index (χ0) is 20.0. The van der Waals surface area contributed by atoms with Gasteiger partial charge < -0.3 is 9.64 Å². The molecule has 0 saturated heterocycles. The van der Waals surface area contributed by atoms with Crippen molar-refractivity contribution in [2.24, 2.45) is 0 Å². The van der Waals surface area contributed by atoms with Gasteiger partial charge in [-0.2, -0.15) is 0 Å². The van der Waals surface area contributed by atoms with E-state index in [0.29, 0.717) is 0 Å². The van der Waals surface area contributed by atoms with Crippen molar-refractivity contribution in [2.75, 3.05) is 23.4 Å². The molecule has 0 aromatic heterocycles. The van der Waals surface area contributed by atoms with Crippen molar-refractivity contribution < 1.29 is 23.5 Å². The Labute approximate surface area is 169 Å². The first-order chi connectivity index (χ1) is 12.8. The molecule has 0 radical (unpaired) electrons. The minimum absolute atomic E-state index is 0.0109. The number of rotatable bonds is 7. The number of esters is 1. The third-order valence-electron chi connectivity index (χ3n) is 3.65. The van der Waals surface area contributed by atoms with Crippen LogP contribution in [0.15, 0.2) is 42.5 Å². The molecular weight excluding hydrogens is 441 g/mol. The summed E-state index contributed by atoms with van der Waals surface area (Å²) >= 11 is 9.12. The number of nitrogens with zero attached hydrogens (tertiary/aromatic N) is 1. The predicted molar refractivity (Wildman–Crippen MR) is 104 cm³/mol. The van der Waals surface area contributed by atoms with E-state index >= 15 is 0 Å². The molecule has 5 nitrogen and oxygen atoms in total. The Bertz CT molecular complexity index is 875. The summed E-state index contributed by atoms with van der Waals surface area (Å²) in [5.41, 5.74) is 0.196. The molecule has 27 heavy (non-hydrogen) atoms. The monoisotopic (exact) mass is 455 g/mol. The smallest absolute Gasteiger partial charge is 0.302 e. The normalized spacial score (nSPS) is 10.4. The van der Waals surface area contributed by atoms with E-state index in [1.54, 1.807) is 6.07 Å². The standard InChI is InChI=1S/C19H16BrClFNO4/c1-12(24)27-9-8-23(18(25)11-20)17-7-6-13(21)10-15(17)19(26)14-4-2-3-5-16(14)22/h2-7,10H,8-9,11H2,1H3. The van der Waals surface area contributed by atoms with E-state index in [1.807, 2.05) is 0 Å². The van der Waals surface area contributed by atoms with Crippen LogP contribution in [0.2, 0.25) is 5.02 Å². The molecule has 0 N–H and O–H groups in total. The highest BCUT2D eigenvalue weighted by atomic mass is 79.9. The first-order valence-electron chi connectivity index (χ1n) is 7.93. The van der Waals surface area contributed by atoms with Crippen LogP contribution in [0, 0.1) is 5.82 Å². The largest absolute Gasteiger partial charge is 0.464 e. The van der Waals surface area contributed by atoms with Gasteiger partial charge in [0.1, 0.15) is 12.4 Å². The van der Waals surface area contributed by atoms with Crippen molar-refractivity contribution >= 4 is 50.9 Å². The van der Waals surface area contributed by atoms with Crippen LogP contribution >= 0.6 is 27.5 Å². The first kappa shape index (κ1) is 21.1. The number of hydrogen-bond acceptors (Lipinski definition) is 4. The molecule has 0 unspecified atom stereocenters. The molecule has 0 fully saturated rings. The van der Waals surface area contributed by atoms with Gasteiger partial charge in [-0.05, 0) is 30.3 Å². The number of halogens is 3. The van der Waals surface area contributed by atoms with Gasteiger partial charge in [-0.15, -0.1) is 0 Å². The molecule has 0 bridgehead atoms. The Kier molecular flexibility index (Phi) is 7.50. The van der Waals surface area contributed by atoms with Crippen LogP contribution in [-0.4, -0.2) is 36.1 Å². The summed E-state index contributed by atoms with van der Waals surface area (Å²) in [6, 6.07) is 9.97. The van der Waals surface area contributed by atoms with Gasteiger partial charge in [0, 0.05) is 17.5 Å². The lowest BCUT2D eigenvalue weighted by Crippen LogP contribution is -2.36. The summed E-state index contributed by atoms with van der Waals surface area (Å²) < 4.78 is 19.0. The summed E-state index contributed by atoms with van der Waals surface area (Å²) in [5.74, 6) is -2.12. The van der Waals surface area contributed by atoms with Crippen molar-refractivity contribution in [3.05, 3.63) is 64.4 Å². The molecule has 142 valence electrons. The Morgan fingerprint density at radius 3 is 2.48 bits per heavy atom. The molecule has 0 atom stereocenters. The van der Waals surface area contributed by atoms with Gasteiger partial charge in [0.05, 0.1) is 23.1 Å². The lowest BCUT2D eigenvalue weighted by atomic mass is 10.0. The minimum Gasteiger partial charge on any atom is -0.464 e. The highest BCUT2D eigenvalue weighted by Gasteiger charge is 2.24. The summed E-state index contributed by atoms with van der Waals surface area (Å²) in [6.07, 6.45) is 0. The van der Waals surface area contributed by atoms with Crippen molar-refractivity contribution in [2.45, 2.75) is 6.92 Å². The van der Waals surface area contributed by atoms with Gasteiger partial charge in [-0.25, -0.2) is 4.39 Å². The first-order valence-corrected chi connectivity index (χ1v) is 9.43. The van der Waals surface area contributed by atoms with Crippen LogP contribution in [0.3, 0.4) is 0 Å². The van der Waals surface area contributed by atoms with Gasteiger partial charge in [0.2, 0.25) is 5.91 Å². The second-order valence-electron chi connectivity index (χ2n) is 5.49. The molecule has 0 aliphatic rings. The van der Waals surface area contributed by atoms with Gasteiger partial charge in [0.15, 0.2) is 5.78 Å². The third-order valence-corrected chi connectivity index (χ3v) is 4.36. The predicted octanol–water partition coefficient (Wildman–Crippen LogP) is 4.00. The molecule has 2 rings (SSSR count). The quantitative estimate of drug-likeness (QED) is 0.359. The third kappa shape index (κ3) is 5.37. The van der Waals surface area contributed by atoms with Gasteiger partial charge in [0.25, 0.3) is 0 Å².